The Morgan fingerprint density at radius 1 is 1.05 bits per heavy atom. The first-order valence-corrected chi connectivity index (χ1v) is 6.48. The SMILES string of the molecule is CC(C)(C)OC(=O)C=CC(=O)OCCc1ccccc1. The van der Waals surface area contributed by atoms with Crippen molar-refractivity contribution in [2.45, 2.75) is 32.8 Å². The molecule has 1 aromatic rings. The van der Waals surface area contributed by atoms with E-state index in [1.54, 1.807) is 20.8 Å². The van der Waals surface area contributed by atoms with Gasteiger partial charge in [0.2, 0.25) is 0 Å². The van der Waals surface area contributed by atoms with Crippen molar-refractivity contribution in [3.8, 4) is 0 Å². The molecule has 108 valence electrons. The van der Waals surface area contributed by atoms with Gasteiger partial charge in [0, 0.05) is 18.6 Å². The molecule has 0 atom stereocenters. The maximum Gasteiger partial charge on any atom is 0.331 e. The lowest BCUT2D eigenvalue weighted by Gasteiger charge is -2.17. The molecule has 0 N–H and O–H groups in total. The van der Waals surface area contributed by atoms with Crippen LogP contribution in [-0.2, 0) is 25.5 Å². The second-order valence-corrected chi connectivity index (χ2v) is 5.27. The molecule has 4 heteroatoms. The zero-order valence-electron chi connectivity index (χ0n) is 12.1. The highest BCUT2D eigenvalue weighted by Gasteiger charge is 2.14. The summed E-state index contributed by atoms with van der Waals surface area (Å²) < 4.78 is 10.0. The number of hydrogen-bond donors (Lipinski definition) is 0. The highest BCUT2D eigenvalue weighted by atomic mass is 16.6. The van der Waals surface area contributed by atoms with Gasteiger partial charge in [0.15, 0.2) is 0 Å². The molecule has 0 aliphatic carbocycles. The first kappa shape index (κ1) is 16.0. The van der Waals surface area contributed by atoms with Gasteiger partial charge in [-0.05, 0) is 26.3 Å². The van der Waals surface area contributed by atoms with E-state index in [-0.39, 0.29) is 6.61 Å². The molecular weight excluding hydrogens is 256 g/mol. The molecule has 1 aromatic carbocycles. The summed E-state index contributed by atoms with van der Waals surface area (Å²) in [7, 11) is 0. The van der Waals surface area contributed by atoms with Crippen molar-refractivity contribution in [1.29, 1.82) is 0 Å². The van der Waals surface area contributed by atoms with Gasteiger partial charge < -0.3 is 9.47 Å². The third-order valence-electron chi connectivity index (χ3n) is 2.24. The summed E-state index contributed by atoms with van der Waals surface area (Å²) in [6.45, 7) is 5.56. The van der Waals surface area contributed by atoms with Gasteiger partial charge in [0.1, 0.15) is 5.60 Å². The standard InChI is InChI=1S/C16H20O4/c1-16(2,3)20-15(18)10-9-14(17)19-12-11-13-7-5-4-6-8-13/h4-10H,11-12H2,1-3H3. The lowest BCUT2D eigenvalue weighted by molar-refractivity contribution is -0.149. The molecule has 0 unspecified atom stereocenters. The van der Waals surface area contributed by atoms with Gasteiger partial charge >= 0.3 is 11.9 Å². The van der Waals surface area contributed by atoms with Crippen LogP contribution in [0.5, 0.6) is 0 Å². The molecule has 4 nitrogen and oxygen atoms in total. The summed E-state index contributed by atoms with van der Waals surface area (Å²) in [5.74, 6) is -1.11. The fourth-order valence-electron chi connectivity index (χ4n) is 1.43. The Labute approximate surface area is 119 Å². The van der Waals surface area contributed by atoms with E-state index < -0.39 is 17.5 Å². The van der Waals surface area contributed by atoms with Crippen LogP contribution >= 0.6 is 0 Å². The maximum absolute atomic E-state index is 11.4. The van der Waals surface area contributed by atoms with Crippen molar-refractivity contribution in [2.75, 3.05) is 6.61 Å². The molecule has 0 saturated heterocycles. The number of carbonyl (C=O) groups excluding carboxylic acids is 2. The molecule has 0 aliphatic heterocycles. The van der Waals surface area contributed by atoms with E-state index >= 15 is 0 Å². The van der Waals surface area contributed by atoms with Gasteiger partial charge in [-0.25, -0.2) is 9.59 Å². The van der Waals surface area contributed by atoms with Crippen LogP contribution in [0, 0.1) is 0 Å². The molecular formula is C16H20O4. The van der Waals surface area contributed by atoms with Gasteiger partial charge in [0.05, 0.1) is 6.61 Å². The van der Waals surface area contributed by atoms with Gasteiger partial charge in [0.25, 0.3) is 0 Å². The van der Waals surface area contributed by atoms with Gasteiger partial charge in [-0.2, -0.15) is 0 Å². The zero-order valence-corrected chi connectivity index (χ0v) is 12.1. The van der Waals surface area contributed by atoms with E-state index in [0.29, 0.717) is 6.42 Å². The number of ether oxygens (including phenoxy) is 2. The molecule has 0 amide bonds. The number of rotatable bonds is 5. The summed E-state index contributed by atoms with van der Waals surface area (Å²) in [6.07, 6.45) is 2.81. The highest BCUT2D eigenvalue weighted by Crippen LogP contribution is 2.07. The molecule has 0 spiro atoms. The van der Waals surface area contributed by atoms with E-state index in [2.05, 4.69) is 0 Å². The lowest BCUT2D eigenvalue weighted by atomic mass is 10.2. The Morgan fingerprint density at radius 2 is 1.65 bits per heavy atom. The van der Waals surface area contributed by atoms with Crippen molar-refractivity contribution in [3.63, 3.8) is 0 Å². The first-order chi connectivity index (χ1) is 9.37. The van der Waals surface area contributed by atoms with Gasteiger partial charge in [-0.3, -0.25) is 0 Å². The maximum atomic E-state index is 11.4. The first-order valence-electron chi connectivity index (χ1n) is 6.48. The predicted molar refractivity (Wildman–Crippen MR) is 76.1 cm³/mol. The molecule has 0 radical (unpaired) electrons. The van der Waals surface area contributed by atoms with E-state index in [0.717, 1.165) is 17.7 Å². The van der Waals surface area contributed by atoms with Crippen LogP contribution in [-0.4, -0.2) is 24.1 Å². The minimum absolute atomic E-state index is 0.279. The van der Waals surface area contributed by atoms with Gasteiger partial charge in [-0.1, -0.05) is 30.3 Å². The predicted octanol–water partition coefficient (Wildman–Crippen LogP) is 2.67. The van der Waals surface area contributed by atoms with Crippen LogP contribution in [0.25, 0.3) is 0 Å². The number of esters is 2. The van der Waals surface area contributed by atoms with Crippen molar-refractivity contribution >= 4 is 11.9 Å². The second kappa shape index (κ2) is 7.48. The van der Waals surface area contributed by atoms with Crippen LogP contribution in [0.3, 0.4) is 0 Å². The Hall–Kier alpha value is -2.10. The lowest BCUT2D eigenvalue weighted by Crippen LogP contribution is -2.22. The molecule has 0 aliphatic rings. The van der Waals surface area contributed by atoms with Crippen LogP contribution < -0.4 is 0 Å². The fourth-order valence-corrected chi connectivity index (χ4v) is 1.43. The number of benzene rings is 1. The van der Waals surface area contributed by atoms with Crippen molar-refractivity contribution in [1.82, 2.24) is 0 Å². The molecule has 0 heterocycles. The van der Waals surface area contributed by atoms with Crippen LogP contribution in [0.15, 0.2) is 42.5 Å². The Bertz CT molecular complexity index is 469. The van der Waals surface area contributed by atoms with Crippen LogP contribution in [0.4, 0.5) is 0 Å². The third-order valence-corrected chi connectivity index (χ3v) is 2.24. The number of hydrogen-bond acceptors (Lipinski definition) is 4. The Kier molecular flexibility index (Phi) is 5.97. The molecule has 20 heavy (non-hydrogen) atoms. The average Bonchev–Trinajstić information content (AvgIpc) is 2.36. The number of carbonyl (C=O) groups is 2. The van der Waals surface area contributed by atoms with Crippen LogP contribution in [0.1, 0.15) is 26.3 Å². The normalized spacial score (nSPS) is 11.3. The van der Waals surface area contributed by atoms with Gasteiger partial charge in [-0.15, -0.1) is 0 Å². The molecule has 0 aromatic heterocycles. The summed E-state index contributed by atoms with van der Waals surface area (Å²) >= 11 is 0. The van der Waals surface area contributed by atoms with Crippen molar-refractivity contribution in [2.24, 2.45) is 0 Å². The topological polar surface area (TPSA) is 52.6 Å². The average molecular weight is 276 g/mol. The Balaban J connectivity index is 2.28. The molecule has 0 saturated carbocycles. The summed E-state index contributed by atoms with van der Waals surface area (Å²) in [4.78, 5) is 22.7. The molecule has 0 fully saturated rings. The monoisotopic (exact) mass is 276 g/mol. The van der Waals surface area contributed by atoms with Crippen molar-refractivity contribution in [3.05, 3.63) is 48.0 Å². The highest BCUT2D eigenvalue weighted by molar-refractivity contribution is 5.91. The summed E-state index contributed by atoms with van der Waals surface area (Å²) in [5.41, 5.74) is 0.523. The fraction of sp³-hybridized carbons (Fsp3) is 0.375. The quantitative estimate of drug-likeness (QED) is 0.613. The summed E-state index contributed by atoms with van der Waals surface area (Å²) in [6, 6.07) is 9.72. The van der Waals surface area contributed by atoms with Crippen LogP contribution in [0.2, 0.25) is 0 Å². The van der Waals surface area contributed by atoms with E-state index in [4.69, 9.17) is 9.47 Å². The van der Waals surface area contributed by atoms with E-state index in [9.17, 15) is 9.59 Å². The Morgan fingerprint density at radius 3 is 2.25 bits per heavy atom. The third kappa shape index (κ3) is 7.36. The zero-order chi connectivity index (χ0) is 15.0. The molecule has 1 rings (SSSR count). The minimum Gasteiger partial charge on any atom is -0.462 e. The minimum atomic E-state index is -0.571. The molecule has 0 bridgehead atoms. The largest absolute Gasteiger partial charge is 0.462 e. The smallest absolute Gasteiger partial charge is 0.331 e. The van der Waals surface area contributed by atoms with E-state index in [1.807, 2.05) is 30.3 Å². The second-order valence-electron chi connectivity index (χ2n) is 5.27. The van der Waals surface area contributed by atoms with E-state index in [1.165, 1.54) is 0 Å². The van der Waals surface area contributed by atoms with Crippen molar-refractivity contribution < 1.29 is 19.1 Å². The summed E-state index contributed by atoms with van der Waals surface area (Å²) in [5, 5.41) is 0.